The van der Waals surface area contributed by atoms with Gasteiger partial charge in [-0.15, -0.1) is 0 Å². The Labute approximate surface area is 171 Å². The first-order valence-corrected chi connectivity index (χ1v) is 10.2. The molecule has 1 atom stereocenters. The number of ether oxygens (including phenoxy) is 1. The number of benzene rings is 1. The molecule has 2 aromatic rings. The molecule has 0 radical (unpaired) electrons. The Morgan fingerprint density at radius 3 is 2.41 bits per heavy atom. The summed E-state index contributed by atoms with van der Waals surface area (Å²) >= 11 is 0. The lowest BCUT2D eigenvalue weighted by atomic mass is 9.94. The van der Waals surface area contributed by atoms with Crippen molar-refractivity contribution in [1.82, 2.24) is 19.6 Å². The van der Waals surface area contributed by atoms with Crippen LogP contribution in [0.5, 0.6) is 0 Å². The average molecular weight is 396 g/mol. The van der Waals surface area contributed by atoms with Crippen LogP contribution in [0.25, 0.3) is 5.69 Å². The predicted octanol–water partition coefficient (Wildman–Crippen LogP) is 3.56. The smallest absolute Gasteiger partial charge is 0.409 e. The van der Waals surface area contributed by atoms with E-state index in [0.29, 0.717) is 18.8 Å². The van der Waals surface area contributed by atoms with E-state index in [2.05, 4.69) is 18.7 Å². The molecule has 1 aromatic carbocycles. The molecule has 1 fully saturated rings. The van der Waals surface area contributed by atoms with Crippen LogP contribution in [0.1, 0.15) is 54.5 Å². The summed E-state index contributed by atoms with van der Waals surface area (Å²) in [7, 11) is 1.40. The van der Waals surface area contributed by atoms with Crippen LogP contribution in [0.3, 0.4) is 0 Å². The van der Waals surface area contributed by atoms with E-state index < -0.39 is 0 Å². The van der Waals surface area contributed by atoms with Crippen LogP contribution in [0.15, 0.2) is 30.3 Å². The molecule has 7 nitrogen and oxygen atoms in total. The summed E-state index contributed by atoms with van der Waals surface area (Å²) in [4.78, 5) is 29.2. The highest BCUT2D eigenvalue weighted by molar-refractivity contribution is 5.99. The van der Waals surface area contributed by atoms with Crippen molar-refractivity contribution >= 4 is 12.0 Å². The summed E-state index contributed by atoms with van der Waals surface area (Å²) < 4.78 is 6.64. The van der Waals surface area contributed by atoms with Crippen molar-refractivity contribution in [2.45, 2.75) is 45.7 Å². The summed E-state index contributed by atoms with van der Waals surface area (Å²) in [6.07, 6.45) is 1.22. The van der Waals surface area contributed by atoms with E-state index >= 15 is 0 Å². The van der Waals surface area contributed by atoms with E-state index in [-0.39, 0.29) is 30.0 Å². The lowest BCUT2D eigenvalue weighted by Gasteiger charge is -2.40. The Kier molecular flexibility index (Phi) is 5.06. The van der Waals surface area contributed by atoms with E-state index in [1.165, 1.54) is 7.11 Å². The average Bonchev–Trinajstić information content (AvgIpc) is 3.23. The number of nitrogens with zero attached hydrogens (tertiary/aromatic N) is 4. The summed E-state index contributed by atoms with van der Waals surface area (Å²) in [6.45, 7) is 7.51. The standard InChI is InChI=1S/C22H28N4O3/c1-14(2)19-18-15(3)23-26(17-8-6-5-7-9-17)20(18)21(27)25(19)16-10-12-24(13-11-16)22(28)29-4/h5-9,14,16,19H,10-13H2,1-4H3. The highest BCUT2D eigenvalue weighted by atomic mass is 16.5. The quantitative estimate of drug-likeness (QED) is 0.796. The van der Waals surface area contributed by atoms with Crippen molar-refractivity contribution in [2.75, 3.05) is 20.2 Å². The number of hydrogen-bond donors (Lipinski definition) is 0. The van der Waals surface area contributed by atoms with Crippen molar-refractivity contribution in [2.24, 2.45) is 5.92 Å². The van der Waals surface area contributed by atoms with Gasteiger partial charge in [-0.05, 0) is 37.8 Å². The zero-order chi connectivity index (χ0) is 20.7. The number of likely N-dealkylation sites (tertiary alicyclic amines) is 1. The van der Waals surface area contributed by atoms with Gasteiger partial charge in [0.25, 0.3) is 5.91 Å². The molecule has 1 aromatic heterocycles. The molecular formula is C22H28N4O3. The molecule has 0 spiro atoms. The van der Waals surface area contributed by atoms with Crippen LogP contribution in [0, 0.1) is 12.8 Å². The fourth-order valence-electron chi connectivity index (χ4n) is 4.75. The number of fused-ring (bicyclic) bond motifs is 1. The zero-order valence-corrected chi connectivity index (χ0v) is 17.5. The van der Waals surface area contributed by atoms with Gasteiger partial charge in [-0.1, -0.05) is 32.0 Å². The highest BCUT2D eigenvalue weighted by Crippen LogP contribution is 2.43. The van der Waals surface area contributed by atoms with Crippen molar-refractivity contribution < 1.29 is 14.3 Å². The minimum Gasteiger partial charge on any atom is -0.453 e. The molecular weight excluding hydrogens is 368 g/mol. The third-order valence-electron chi connectivity index (χ3n) is 6.06. The molecule has 2 amide bonds. The number of aryl methyl sites for hydroxylation is 1. The van der Waals surface area contributed by atoms with Gasteiger partial charge in [-0.25, -0.2) is 9.48 Å². The Bertz CT molecular complexity index is 914. The summed E-state index contributed by atoms with van der Waals surface area (Å²) in [5.41, 5.74) is 3.53. The van der Waals surface area contributed by atoms with Crippen LogP contribution < -0.4 is 0 Å². The fourth-order valence-corrected chi connectivity index (χ4v) is 4.75. The number of aromatic nitrogens is 2. The summed E-state index contributed by atoms with van der Waals surface area (Å²) in [5, 5.41) is 4.71. The van der Waals surface area contributed by atoms with Gasteiger partial charge >= 0.3 is 6.09 Å². The van der Waals surface area contributed by atoms with Crippen molar-refractivity contribution in [1.29, 1.82) is 0 Å². The predicted molar refractivity (Wildman–Crippen MR) is 109 cm³/mol. The second-order valence-corrected chi connectivity index (χ2v) is 8.18. The lowest BCUT2D eigenvalue weighted by Crippen LogP contribution is -2.48. The molecule has 1 saturated heterocycles. The number of amides is 2. The maximum atomic E-state index is 13.6. The largest absolute Gasteiger partial charge is 0.453 e. The molecule has 29 heavy (non-hydrogen) atoms. The van der Waals surface area contributed by atoms with Gasteiger partial charge in [-0.3, -0.25) is 4.79 Å². The Morgan fingerprint density at radius 1 is 1.17 bits per heavy atom. The number of carbonyl (C=O) groups is 2. The monoisotopic (exact) mass is 396 g/mol. The van der Waals surface area contributed by atoms with E-state index in [1.807, 2.05) is 37.3 Å². The van der Waals surface area contributed by atoms with Crippen molar-refractivity contribution in [3.8, 4) is 5.69 Å². The Balaban J connectivity index is 1.68. The second kappa shape index (κ2) is 7.54. The van der Waals surface area contributed by atoms with Crippen LogP contribution in [0.2, 0.25) is 0 Å². The highest BCUT2D eigenvalue weighted by Gasteiger charge is 2.47. The number of carbonyl (C=O) groups excluding carboxylic acids is 2. The first-order chi connectivity index (χ1) is 13.9. The number of piperidine rings is 1. The van der Waals surface area contributed by atoms with E-state index in [4.69, 9.17) is 9.84 Å². The van der Waals surface area contributed by atoms with Crippen molar-refractivity contribution in [3.05, 3.63) is 47.3 Å². The van der Waals surface area contributed by atoms with E-state index in [9.17, 15) is 9.59 Å². The molecule has 2 aliphatic rings. The molecule has 0 N–H and O–H groups in total. The Hall–Kier alpha value is -2.83. The minimum absolute atomic E-state index is 0.00430. The lowest BCUT2D eigenvalue weighted by molar-refractivity contribution is 0.0408. The van der Waals surface area contributed by atoms with Crippen LogP contribution >= 0.6 is 0 Å². The number of rotatable bonds is 3. The summed E-state index contributed by atoms with van der Waals surface area (Å²) in [5.74, 6) is 0.311. The first-order valence-electron chi connectivity index (χ1n) is 10.2. The number of methoxy groups -OCH3 is 1. The van der Waals surface area contributed by atoms with Gasteiger partial charge < -0.3 is 14.5 Å². The van der Waals surface area contributed by atoms with E-state index in [0.717, 1.165) is 29.8 Å². The van der Waals surface area contributed by atoms with Gasteiger partial charge in [0.2, 0.25) is 0 Å². The molecule has 3 heterocycles. The third kappa shape index (κ3) is 3.18. The van der Waals surface area contributed by atoms with Crippen LogP contribution in [-0.4, -0.2) is 57.8 Å². The second-order valence-electron chi connectivity index (χ2n) is 8.18. The molecule has 4 rings (SSSR count). The molecule has 154 valence electrons. The number of hydrogen-bond acceptors (Lipinski definition) is 4. The first kappa shape index (κ1) is 19.5. The van der Waals surface area contributed by atoms with Crippen LogP contribution in [0.4, 0.5) is 4.79 Å². The molecule has 7 heteroatoms. The molecule has 0 saturated carbocycles. The fraction of sp³-hybridized carbons (Fsp3) is 0.500. The van der Waals surface area contributed by atoms with Gasteiger partial charge in [0.1, 0.15) is 5.69 Å². The maximum absolute atomic E-state index is 13.6. The summed E-state index contributed by atoms with van der Waals surface area (Å²) in [6, 6.07) is 9.93. The minimum atomic E-state index is -0.296. The normalized spacial score (nSPS) is 19.8. The molecule has 2 aliphatic heterocycles. The van der Waals surface area contributed by atoms with Crippen LogP contribution in [-0.2, 0) is 4.74 Å². The molecule has 0 bridgehead atoms. The third-order valence-corrected chi connectivity index (χ3v) is 6.06. The molecule has 0 aliphatic carbocycles. The SMILES string of the molecule is COC(=O)N1CCC(N2C(=O)c3c(c(C)nn3-c3ccccc3)C2C(C)C)CC1. The van der Waals surface area contributed by atoms with E-state index in [1.54, 1.807) is 9.58 Å². The van der Waals surface area contributed by atoms with Gasteiger partial charge in [0.05, 0.1) is 24.5 Å². The van der Waals surface area contributed by atoms with Gasteiger partial charge in [0, 0.05) is 24.7 Å². The van der Waals surface area contributed by atoms with Gasteiger partial charge in [0.15, 0.2) is 0 Å². The van der Waals surface area contributed by atoms with Crippen molar-refractivity contribution in [3.63, 3.8) is 0 Å². The number of para-hydroxylation sites is 1. The molecule has 1 unspecified atom stereocenters. The zero-order valence-electron chi connectivity index (χ0n) is 17.5. The Morgan fingerprint density at radius 2 is 1.83 bits per heavy atom. The maximum Gasteiger partial charge on any atom is 0.409 e. The topological polar surface area (TPSA) is 67.7 Å². The van der Waals surface area contributed by atoms with Gasteiger partial charge in [-0.2, -0.15) is 5.10 Å².